The SMILES string of the molecule is Cc1nc(C2CC2)cc(C(=O)Nc2ccc(C#N)cc2)c1OCc1cccc(C#N)c1.Cc1nc(C2CC2)cc(C(=O)O)c1OCc1cccc(C#N)c1.N#Cc1ccc(N)cc1. The lowest BCUT2D eigenvalue weighted by Crippen LogP contribution is -2.16. The molecule has 0 saturated heterocycles. The monoisotopic (exact) mass is 834 g/mol. The highest BCUT2D eigenvalue weighted by Crippen LogP contribution is 2.42. The van der Waals surface area contributed by atoms with Crippen LogP contribution >= 0.6 is 0 Å². The number of aryl methyl sites for hydroxylation is 2. The van der Waals surface area contributed by atoms with Crippen molar-refractivity contribution in [3.8, 4) is 35.8 Å². The number of amides is 1. The van der Waals surface area contributed by atoms with E-state index in [4.69, 9.17) is 36.3 Å². The van der Waals surface area contributed by atoms with Gasteiger partial charge in [-0.15, -0.1) is 0 Å². The topological polar surface area (TPSA) is 232 Å². The molecule has 2 fully saturated rings. The molecule has 1 amide bonds. The van der Waals surface area contributed by atoms with E-state index in [-0.39, 0.29) is 24.7 Å². The molecule has 312 valence electrons. The van der Waals surface area contributed by atoms with Crippen molar-refractivity contribution in [1.82, 2.24) is 9.97 Å². The molecule has 13 heteroatoms. The Morgan fingerprint density at radius 1 is 0.635 bits per heavy atom. The molecule has 0 atom stereocenters. The third-order valence-electron chi connectivity index (χ3n) is 9.98. The van der Waals surface area contributed by atoms with Crippen LogP contribution in [0.15, 0.2) is 109 Å². The van der Waals surface area contributed by atoms with Crippen LogP contribution < -0.4 is 20.5 Å². The number of aromatic nitrogens is 2. The molecular weight excluding hydrogens is 793 g/mol. The smallest absolute Gasteiger partial charge is 0.339 e. The highest BCUT2D eigenvalue weighted by atomic mass is 16.5. The Balaban J connectivity index is 0.000000180. The lowest BCUT2D eigenvalue weighted by atomic mass is 10.1. The summed E-state index contributed by atoms with van der Waals surface area (Å²) in [7, 11) is 0. The van der Waals surface area contributed by atoms with Crippen LogP contribution in [0.2, 0.25) is 0 Å². The van der Waals surface area contributed by atoms with Gasteiger partial charge in [0.2, 0.25) is 0 Å². The summed E-state index contributed by atoms with van der Waals surface area (Å²) in [6.07, 6.45) is 4.27. The average Bonchev–Trinajstić information content (AvgIpc) is 4.24. The number of ether oxygens (including phenoxy) is 2. The lowest BCUT2D eigenvalue weighted by molar-refractivity contribution is 0.0690. The van der Waals surface area contributed by atoms with Gasteiger partial charge in [-0.05, 0) is 136 Å². The lowest BCUT2D eigenvalue weighted by Gasteiger charge is -2.16. The van der Waals surface area contributed by atoms with E-state index in [9.17, 15) is 14.7 Å². The van der Waals surface area contributed by atoms with Crippen LogP contribution in [0, 0.1) is 59.2 Å². The number of rotatable bonds is 11. The van der Waals surface area contributed by atoms with Gasteiger partial charge in [0.05, 0.1) is 63.5 Å². The number of aromatic carboxylic acids is 1. The number of nitriles is 4. The van der Waals surface area contributed by atoms with E-state index in [1.54, 1.807) is 97.9 Å². The molecule has 2 aliphatic carbocycles. The summed E-state index contributed by atoms with van der Waals surface area (Å²) in [6, 6.07) is 39.4. The van der Waals surface area contributed by atoms with Gasteiger partial charge in [-0.1, -0.05) is 24.3 Å². The molecule has 0 aliphatic heterocycles. The van der Waals surface area contributed by atoms with Crippen LogP contribution in [0.5, 0.6) is 11.5 Å². The van der Waals surface area contributed by atoms with Gasteiger partial charge in [-0.25, -0.2) is 4.79 Å². The van der Waals surface area contributed by atoms with Crippen molar-refractivity contribution < 1.29 is 24.2 Å². The number of nitrogen functional groups attached to an aromatic ring is 1. The van der Waals surface area contributed by atoms with Crippen LogP contribution in [0.3, 0.4) is 0 Å². The van der Waals surface area contributed by atoms with E-state index in [1.165, 1.54) is 0 Å². The fraction of sp³-hybridized carbons (Fsp3) is 0.200. The Bertz CT molecular complexity index is 2810. The third-order valence-corrected chi connectivity index (χ3v) is 9.98. The molecule has 6 aromatic rings. The highest BCUT2D eigenvalue weighted by Gasteiger charge is 2.29. The first-order valence-corrected chi connectivity index (χ1v) is 20.1. The number of nitrogens with one attached hydrogen (secondary N) is 1. The number of hydrogen-bond acceptors (Lipinski definition) is 11. The number of pyridine rings is 2. The van der Waals surface area contributed by atoms with Crippen molar-refractivity contribution in [2.45, 2.75) is 64.6 Å². The van der Waals surface area contributed by atoms with Crippen molar-refractivity contribution >= 4 is 23.3 Å². The number of hydrogen-bond donors (Lipinski definition) is 3. The van der Waals surface area contributed by atoms with Crippen molar-refractivity contribution in [3.63, 3.8) is 0 Å². The van der Waals surface area contributed by atoms with Crippen LogP contribution in [0.4, 0.5) is 11.4 Å². The van der Waals surface area contributed by atoms with E-state index in [2.05, 4.69) is 33.5 Å². The summed E-state index contributed by atoms with van der Waals surface area (Å²) in [6.45, 7) is 4.02. The molecule has 0 bridgehead atoms. The van der Waals surface area contributed by atoms with E-state index in [0.29, 0.717) is 73.9 Å². The van der Waals surface area contributed by atoms with Crippen LogP contribution in [0.25, 0.3) is 0 Å². The summed E-state index contributed by atoms with van der Waals surface area (Å²) < 4.78 is 11.7. The molecule has 4 N–H and O–H groups in total. The van der Waals surface area contributed by atoms with Crippen molar-refractivity contribution in [2.75, 3.05) is 11.1 Å². The normalized spacial score (nSPS) is 12.2. The minimum atomic E-state index is -1.02. The van der Waals surface area contributed by atoms with Gasteiger partial charge in [-0.2, -0.15) is 21.0 Å². The second-order valence-electron chi connectivity index (χ2n) is 15.0. The second kappa shape index (κ2) is 20.6. The largest absolute Gasteiger partial charge is 0.486 e. The summed E-state index contributed by atoms with van der Waals surface area (Å²) in [4.78, 5) is 33.8. The van der Waals surface area contributed by atoms with E-state index in [0.717, 1.165) is 48.2 Å². The van der Waals surface area contributed by atoms with Gasteiger partial charge in [0.1, 0.15) is 18.8 Å². The van der Waals surface area contributed by atoms with Crippen LogP contribution in [-0.4, -0.2) is 27.0 Å². The van der Waals surface area contributed by atoms with Crippen LogP contribution in [0.1, 0.15) is 114 Å². The van der Waals surface area contributed by atoms with Crippen LogP contribution in [-0.2, 0) is 13.2 Å². The first kappa shape index (κ1) is 44.0. The van der Waals surface area contributed by atoms with Gasteiger partial charge in [-0.3, -0.25) is 14.8 Å². The number of anilines is 2. The number of carboxylic acid groups (broad SMARTS) is 1. The van der Waals surface area contributed by atoms with Gasteiger partial charge < -0.3 is 25.6 Å². The standard InChI is InChI=1S/C25H20N4O2.C18H16N2O3.C7H6N2/c1-16-24(31-15-19-4-2-3-18(11-19)14-27)22(12-23(28-16)20-7-8-20)25(30)29-21-9-5-17(13-26)6-10-21;1-11-17(23-10-13-4-2-3-12(7-13)9-19)15(18(21)22)8-16(20-11)14-5-6-14;8-5-6-1-3-7(9)4-2-6/h2-6,9-12,20H,7-8,15H2,1H3,(H,29,30);2-4,7-8,14H,5-6,10H2,1H3,(H,21,22);1-4H,9H2. The zero-order valence-electron chi connectivity index (χ0n) is 34.6. The number of carbonyl (C=O) groups is 2. The maximum atomic E-state index is 13.1. The summed E-state index contributed by atoms with van der Waals surface area (Å²) in [5, 5.41) is 47.6. The molecule has 0 spiro atoms. The Kier molecular flexibility index (Phi) is 14.4. The molecule has 2 aliphatic rings. The molecule has 2 saturated carbocycles. The third kappa shape index (κ3) is 12.3. The average molecular weight is 835 g/mol. The molecule has 0 unspecified atom stereocenters. The van der Waals surface area contributed by atoms with Gasteiger partial charge in [0.15, 0.2) is 11.5 Å². The highest BCUT2D eigenvalue weighted by molar-refractivity contribution is 6.06. The first-order chi connectivity index (χ1) is 30.5. The molecule has 0 radical (unpaired) electrons. The maximum Gasteiger partial charge on any atom is 0.339 e. The predicted molar refractivity (Wildman–Crippen MR) is 235 cm³/mol. The molecule has 13 nitrogen and oxygen atoms in total. The van der Waals surface area contributed by atoms with Crippen molar-refractivity contribution in [3.05, 3.63) is 176 Å². The predicted octanol–water partition coefficient (Wildman–Crippen LogP) is 9.40. The summed E-state index contributed by atoms with van der Waals surface area (Å²) >= 11 is 0. The zero-order chi connectivity index (χ0) is 44.9. The number of benzene rings is 4. The number of nitrogens with two attached hydrogens (primary N) is 1. The second-order valence-corrected chi connectivity index (χ2v) is 15.0. The fourth-order valence-electron chi connectivity index (χ4n) is 6.39. The molecule has 63 heavy (non-hydrogen) atoms. The Labute approximate surface area is 365 Å². The summed E-state index contributed by atoms with van der Waals surface area (Å²) in [5.41, 5.74) is 14.1. The van der Waals surface area contributed by atoms with E-state index < -0.39 is 5.97 Å². The minimum absolute atomic E-state index is 0.149. The molecule has 2 heterocycles. The molecule has 4 aromatic carbocycles. The Morgan fingerprint density at radius 2 is 1.06 bits per heavy atom. The molecule has 8 rings (SSSR count). The Morgan fingerprint density at radius 3 is 1.49 bits per heavy atom. The first-order valence-electron chi connectivity index (χ1n) is 20.1. The molecule has 2 aromatic heterocycles. The number of nitrogens with zero attached hydrogens (tertiary/aromatic N) is 6. The quantitative estimate of drug-likeness (QED) is 0.104. The fourth-order valence-corrected chi connectivity index (χ4v) is 6.39. The van der Waals surface area contributed by atoms with Gasteiger partial charge in [0.25, 0.3) is 5.91 Å². The van der Waals surface area contributed by atoms with E-state index >= 15 is 0 Å². The number of carbonyl (C=O) groups excluding carboxylic acids is 1. The van der Waals surface area contributed by atoms with E-state index in [1.807, 2.05) is 31.2 Å². The van der Waals surface area contributed by atoms with Gasteiger partial charge >= 0.3 is 5.97 Å². The van der Waals surface area contributed by atoms with Gasteiger partial charge in [0, 0.05) is 34.6 Å². The minimum Gasteiger partial charge on any atom is -0.486 e. The molecular formula is C50H42N8O5. The number of carboxylic acids is 1. The zero-order valence-corrected chi connectivity index (χ0v) is 34.6. The Hall–Kier alpha value is -8.52. The maximum absolute atomic E-state index is 13.1. The van der Waals surface area contributed by atoms with Crippen molar-refractivity contribution in [2.24, 2.45) is 0 Å². The summed E-state index contributed by atoms with van der Waals surface area (Å²) in [5.74, 6) is 0.188. The van der Waals surface area contributed by atoms with Crippen molar-refractivity contribution in [1.29, 1.82) is 21.0 Å².